The van der Waals surface area contributed by atoms with E-state index in [0.717, 1.165) is 36.9 Å². The molecule has 0 unspecified atom stereocenters. The van der Waals surface area contributed by atoms with Gasteiger partial charge >= 0.3 is 5.97 Å². The van der Waals surface area contributed by atoms with Crippen molar-refractivity contribution >= 4 is 11.9 Å². The monoisotopic (exact) mass is 336 g/mol. The van der Waals surface area contributed by atoms with Crippen molar-refractivity contribution in [2.75, 3.05) is 13.2 Å². The molecular formula is C18H28N2O4. The maximum atomic E-state index is 13.1. The molecule has 1 aliphatic carbocycles. The molecule has 0 radical (unpaired) electrons. The molecule has 134 valence electrons. The molecule has 1 heterocycles. The summed E-state index contributed by atoms with van der Waals surface area (Å²) in [6.45, 7) is 7.63. The van der Waals surface area contributed by atoms with Gasteiger partial charge in [-0.2, -0.15) is 0 Å². The van der Waals surface area contributed by atoms with E-state index in [1.165, 1.54) is 6.42 Å². The molecule has 1 aliphatic rings. The van der Waals surface area contributed by atoms with Gasteiger partial charge < -0.3 is 14.2 Å². The molecule has 1 fully saturated rings. The molecule has 2 rings (SSSR count). The number of aromatic nitrogens is 1. The van der Waals surface area contributed by atoms with E-state index in [2.05, 4.69) is 5.16 Å². The zero-order valence-corrected chi connectivity index (χ0v) is 15.1. The second-order valence-electron chi connectivity index (χ2n) is 6.52. The summed E-state index contributed by atoms with van der Waals surface area (Å²) >= 11 is 0. The van der Waals surface area contributed by atoms with Gasteiger partial charge in [0.25, 0.3) is 0 Å². The topological polar surface area (TPSA) is 72.6 Å². The van der Waals surface area contributed by atoms with Crippen LogP contribution in [0.5, 0.6) is 0 Å². The van der Waals surface area contributed by atoms with Crippen molar-refractivity contribution < 1.29 is 18.8 Å². The maximum Gasteiger partial charge on any atom is 0.325 e. The van der Waals surface area contributed by atoms with Crippen molar-refractivity contribution in [3.05, 3.63) is 17.0 Å². The molecule has 1 saturated carbocycles. The van der Waals surface area contributed by atoms with E-state index < -0.39 is 0 Å². The highest BCUT2D eigenvalue weighted by Gasteiger charge is 2.33. The van der Waals surface area contributed by atoms with Gasteiger partial charge in [0.2, 0.25) is 5.91 Å². The number of nitrogens with zero attached hydrogens (tertiary/aromatic N) is 2. The van der Waals surface area contributed by atoms with Crippen LogP contribution in [0.2, 0.25) is 0 Å². The van der Waals surface area contributed by atoms with Crippen LogP contribution < -0.4 is 0 Å². The largest absolute Gasteiger partial charge is 0.465 e. The number of amides is 1. The van der Waals surface area contributed by atoms with Gasteiger partial charge in [-0.3, -0.25) is 9.59 Å². The Balaban J connectivity index is 2.20. The summed E-state index contributed by atoms with van der Waals surface area (Å²) in [6, 6.07) is 0.110. The van der Waals surface area contributed by atoms with Gasteiger partial charge in [0.15, 0.2) is 0 Å². The van der Waals surface area contributed by atoms with Crippen LogP contribution in [0, 0.1) is 13.8 Å². The molecule has 0 aromatic carbocycles. The Morgan fingerprint density at radius 3 is 2.50 bits per heavy atom. The van der Waals surface area contributed by atoms with Gasteiger partial charge in [-0.05, 0) is 40.5 Å². The minimum Gasteiger partial charge on any atom is -0.465 e. The smallest absolute Gasteiger partial charge is 0.325 e. The molecule has 1 aromatic heterocycles. The first-order chi connectivity index (χ1) is 11.5. The van der Waals surface area contributed by atoms with Crippen molar-refractivity contribution in [1.82, 2.24) is 10.1 Å². The predicted octanol–water partition coefficient (Wildman–Crippen LogP) is 3.12. The highest BCUT2D eigenvalue weighted by molar-refractivity contribution is 5.87. The minimum absolute atomic E-state index is 0.0189. The summed E-state index contributed by atoms with van der Waals surface area (Å²) in [4.78, 5) is 26.8. The van der Waals surface area contributed by atoms with Crippen LogP contribution in [0.1, 0.15) is 68.9 Å². The Labute approximate surface area is 143 Å². The Kier molecular flexibility index (Phi) is 6.40. The van der Waals surface area contributed by atoms with E-state index in [0.29, 0.717) is 12.4 Å². The highest BCUT2D eigenvalue weighted by atomic mass is 16.5. The standard InChI is InChI=1S/C18H28N2O4/c1-5-23-16(21)11-20(15-9-7-6-8-10-15)18(22)12(2)17-13(3)19-24-14(17)4/h12,15H,5-11H2,1-4H3/t12-/m1/s1. The Morgan fingerprint density at radius 2 is 1.96 bits per heavy atom. The normalized spacial score (nSPS) is 16.7. The SMILES string of the molecule is CCOC(=O)CN(C(=O)[C@H](C)c1c(C)noc1C)C1CCCCC1. The number of esters is 1. The Hall–Kier alpha value is -1.85. The summed E-state index contributed by atoms with van der Waals surface area (Å²) in [5, 5.41) is 3.94. The molecular weight excluding hydrogens is 308 g/mol. The van der Waals surface area contributed by atoms with Crippen molar-refractivity contribution in [3.63, 3.8) is 0 Å². The quantitative estimate of drug-likeness (QED) is 0.746. The lowest BCUT2D eigenvalue weighted by atomic mass is 9.91. The predicted molar refractivity (Wildman–Crippen MR) is 89.6 cm³/mol. The third-order valence-electron chi connectivity index (χ3n) is 4.80. The van der Waals surface area contributed by atoms with E-state index in [9.17, 15) is 9.59 Å². The minimum atomic E-state index is -0.382. The van der Waals surface area contributed by atoms with Crippen molar-refractivity contribution in [2.45, 2.75) is 71.8 Å². The average Bonchev–Trinajstić information content (AvgIpc) is 2.91. The number of carbonyl (C=O) groups is 2. The second kappa shape index (κ2) is 8.31. The van der Waals surface area contributed by atoms with Gasteiger partial charge in [-0.15, -0.1) is 0 Å². The highest BCUT2D eigenvalue weighted by Crippen LogP contribution is 2.29. The lowest BCUT2D eigenvalue weighted by Gasteiger charge is -2.35. The summed E-state index contributed by atoms with van der Waals surface area (Å²) in [7, 11) is 0. The fourth-order valence-electron chi connectivity index (χ4n) is 3.61. The fourth-order valence-corrected chi connectivity index (χ4v) is 3.61. The van der Waals surface area contributed by atoms with Crippen LogP contribution in [-0.2, 0) is 14.3 Å². The van der Waals surface area contributed by atoms with E-state index in [4.69, 9.17) is 9.26 Å². The summed E-state index contributed by atoms with van der Waals surface area (Å²) in [6.07, 6.45) is 5.27. The van der Waals surface area contributed by atoms with Crippen LogP contribution in [0.15, 0.2) is 4.52 Å². The number of hydrogen-bond acceptors (Lipinski definition) is 5. The molecule has 0 N–H and O–H groups in total. The lowest BCUT2D eigenvalue weighted by Crippen LogP contribution is -2.46. The van der Waals surface area contributed by atoms with E-state index >= 15 is 0 Å². The second-order valence-corrected chi connectivity index (χ2v) is 6.52. The Bertz CT molecular complexity index is 556. The fraction of sp³-hybridized carbons (Fsp3) is 0.722. The van der Waals surface area contributed by atoms with E-state index in [1.54, 1.807) is 11.8 Å². The number of rotatable bonds is 6. The van der Waals surface area contributed by atoms with Gasteiger partial charge in [0.1, 0.15) is 12.3 Å². The van der Waals surface area contributed by atoms with Crippen molar-refractivity contribution in [3.8, 4) is 0 Å². The molecule has 0 spiro atoms. The molecule has 24 heavy (non-hydrogen) atoms. The lowest BCUT2D eigenvalue weighted by molar-refractivity contribution is -0.151. The molecule has 1 atom stereocenters. The molecule has 1 amide bonds. The number of ether oxygens (including phenoxy) is 1. The van der Waals surface area contributed by atoms with Gasteiger partial charge in [-0.25, -0.2) is 0 Å². The molecule has 6 nitrogen and oxygen atoms in total. The maximum absolute atomic E-state index is 13.1. The van der Waals surface area contributed by atoms with E-state index in [1.807, 2.05) is 20.8 Å². The first kappa shape index (κ1) is 18.5. The summed E-state index contributed by atoms with van der Waals surface area (Å²) in [5.74, 6) is -0.118. The first-order valence-electron chi connectivity index (χ1n) is 8.84. The van der Waals surface area contributed by atoms with E-state index in [-0.39, 0.29) is 30.4 Å². The Morgan fingerprint density at radius 1 is 1.29 bits per heavy atom. The van der Waals surface area contributed by atoms with Crippen LogP contribution in [0.4, 0.5) is 0 Å². The van der Waals surface area contributed by atoms with Crippen molar-refractivity contribution in [1.29, 1.82) is 0 Å². The first-order valence-corrected chi connectivity index (χ1v) is 8.84. The van der Waals surface area contributed by atoms with Crippen LogP contribution >= 0.6 is 0 Å². The summed E-state index contributed by atoms with van der Waals surface area (Å²) < 4.78 is 10.3. The van der Waals surface area contributed by atoms with Crippen molar-refractivity contribution in [2.24, 2.45) is 0 Å². The van der Waals surface area contributed by atoms with Gasteiger partial charge in [0.05, 0.1) is 18.2 Å². The van der Waals surface area contributed by atoms with Crippen LogP contribution in [-0.4, -0.2) is 41.1 Å². The molecule has 1 aromatic rings. The average molecular weight is 336 g/mol. The van der Waals surface area contributed by atoms with Gasteiger partial charge in [-0.1, -0.05) is 24.4 Å². The third kappa shape index (κ3) is 4.16. The van der Waals surface area contributed by atoms with Crippen LogP contribution in [0.25, 0.3) is 0 Å². The third-order valence-corrected chi connectivity index (χ3v) is 4.80. The number of carbonyl (C=O) groups excluding carboxylic acids is 2. The molecule has 6 heteroatoms. The molecule has 0 aliphatic heterocycles. The summed E-state index contributed by atoms with van der Waals surface area (Å²) in [5.41, 5.74) is 1.55. The molecule has 0 bridgehead atoms. The zero-order chi connectivity index (χ0) is 17.7. The zero-order valence-electron chi connectivity index (χ0n) is 15.1. The number of aryl methyl sites for hydroxylation is 2. The number of hydrogen-bond donors (Lipinski definition) is 0. The molecule has 0 saturated heterocycles. The van der Waals surface area contributed by atoms with Gasteiger partial charge in [0, 0.05) is 11.6 Å². The van der Waals surface area contributed by atoms with Crippen LogP contribution in [0.3, 0.4) is 0 Å².